The molecule has 0 aromatic heterocycles. The highest BCUT2D eigenvalue weighted by Crippen LogP contribution is 2.34. The van der Waals surface area contributed by atoms with Crippen molar-refractivity contribution in [2.75, 3.05) is 0 Å². The molecule has 0 heterocycles. The number of rotatable bonds is 2. The van der Waals surface area contributed by atoms with Crippen molar-refractivity contribution in [1.82, 2.24) is 0 Å². The van der Waals surface area contributed by atoms with Crippen molar-refractivity contribution in [2.45, 2.75) is 12.3 Å². The number of benzene rings is 2. The van der Waals surface area contributed by atoms with Crippen molar-refractivity contribution >= 4 is 11.6 Å². The fourth-order valence-electron chi connectivity index (χ4n) is 1.82. The van der Waals surface area contributed by atoms with Gasteiger partial charge in [-0.15, -0.1) is 11.6 Å². The molecule has 1 atom stereocenters. The third-order valence-corrected chi connectivity index (χ3v) is 3.25. The van der Waals surface area contributed by atoms with Crippen molar-refractivity contribution in [2.24, 2.45) is 0 Å². The smallest absolute Gasteiger partial charge is 0.134 e. The van der Waals surface area contributed by atoms with Gasteiger partial charge in [-0.3, -0.25) is 0 Å². The molecule has 0 amide bonds. The largest absolute Gasteiger partial charge is 0.207 e. The Morgan fingerprint density at radius 3 is 2.16 bits per heavy atom. The van der Waals surface area contributed by atoms with Crippen molar-refractivity contribution in [3.63, 3.8) is 0 Å². The second kappa shape index (κ2) is 5.21. The van der Waals surface area contributed by atoms with E-state index >= 15 is 0 Å². The molecule has 100 valence electrons. The van der Waals surface area contributed by atoms with Crippen molar-refractivity contribution in [3.05, 3.63) is 70.3 Å². The number of alkyl halides is 1. The normalized spacial score (nSPS) is 12.5. The number of hydrogen-bond donors (Lipinski definition) is 0. The summed E-state index contributed by atoms with van der Waals surface area (Å²) in [6, 6.07) is 5.41. The van der Waals surface area contributed by atoms with E-state index < -0.39 is 34.2 Å². The number of hydrogen-bond acceptors (Lipinski definition) is 0. The van der Waals surface area contributed by atoms with Gasteiger partial charge in [0.25, 0.3) is 0 Å². The summed E-state index contributed by atoms with van der Waals surface area (Å²) in [4.78, 5) is 0. The van der Waals surface area contributed by atoms with Gasteiger partial charge in [0.2, 0.25) is 0 Å². The van der Waals surface area contributed by atoms with E-state index in [0.29, 0.717) is 17.7 Å². The highest BCUT2D eigenvalue weighted by molar-refractivity contribution is 6.22. The fourth-order valence-corrected chi connectivity index (χ4v) is 2.19. The minimum absolute atomic E-state index is 0.0499. The Labute approximate surface area is 112 Å². The van der Waals surface area contributed by atoms with Crippen LogP contribution in [0.25, 0.3) is 0 Å². The zero-order valence-corrected chi connectivity index (χ0v) is 10.6. The molecule has 0 fully saturated rings. The molecule has 2 aromatic rings. The first kappa shape index (κ1) is 13.9. The zero-order chi connectivity index (χ0) is 14.2. The van der Waals surface area contributed by atoms with Crippen molar-refractivity contribution in [1.29, 1.82) is 0 Å². The van der Waals surface area contributed by atoms with E-state index in [1.54, 1.807) is 0 Å². The molecule has 0 N–H and O–H groups in total. The molecule has 5 heteroatoms. The highest BCUT2D eigenvalue weighted by Gasteiger charge is 2.24. The lowest BCUT2D eigenvalue weighted by molar-refractivity contribution is 0.523. The summed E-state index contributed by atoms with van der Waals surface area (Å²) in [5, 5.41) is -1.36. The van der Waals surface area contributed by atoms with Crippen LogP contribution in [0.15, 0.2) is 30.3 Å². The van der Waals surface area contributed by atoms with Crippen molar-refractivity contribution < 1.29 is 17.6 Å². The van der Waals surface area contributed by atoms with Gasteiger partial charge in [0.05, 0.1) is 5.38 Å². The molecule has 0 aliphatic heterocycles. The van der Waals surface area contributed by atoms with Gasteiger partial charge in [-0.1, -0.05) is 18.2 Å². The second-order valence-corrected chi connectivity index (χ2v) is 4.56. The summed E-state index contributed by atoms with van der Waals surface area (Å²) in [7, 11) is 0. The monoisotopic (exact) mass is 288 g/mol. The maximum Gasteiger partial charge on any atom is 0.134 e. The molecule has 0 spiro atoms. The summed E-state index contributed by atoms with van der Waals surface area (Å²) < 4.78 is 53.9. The number of halogens is 5. The Morgan fingerprint density at radius 2 is 1.58 bits per heavy atom. The maximum absolute atomic E-state index is 13.9. The molecule has 1 unspecified atom stereocenters. The predicted octanol–water partition coefficient (Wildman–Crippen LogP) is 4.88. The highest BCUT2D eigenvalue weighted by atomic mass is 35.5. The van der Waals surface area contributed by atoms with Crippen LogP contribution in [0.2, 0.25) is 0 Å². The van der Waals surface area contributed by atoms with Crippen LogP contribution in [0.5, 0.6) is 0 Å². The van der Waals surface area contributed by atoms with Gasteiger partial charge in [0.1, 0.15) is 23.3 Å². The van der Waals surface area contributed by atoms with Crippen LogP contribution in [0.1, 0.15) is 22.1 Å². The van der Waals surface area contributed by atoms with Crippen LogP contribution in [-0.4, -0.2) is 0 Å². The summed E-state index contributed by atoms with van der Waals surface area (Å²) in [5.74, 6) is -3.96. The lowest BCUT2D eigenvalue weighted by Crippen LogP contribution is -2.05. The second-order valence-electron chi connectivity index (χ2n) is 4.12. The van der Waals surface area contributed by atoms with Gasteiger partial charge < -0.3 is 0 Å². The van der Waals surface area contributed by atoms with E-state index in [4.69, 9.17) is 11.6 Å². The van der Waals surface area contributed by atoms with Gasteiger partial charge in [0.15, 0.2) is 0 Å². The fraction of sp³-hybridized carbons (Fsp3) is 0.143. The molecule has 2 rings (SSSR count). The molecule has 0 saturated heterocycles. The molecule has 0 bridgehead atoms. The molecular weight excluding hydrogens is 280 g/mol. The first-order valence-electron chi connectivity index (χ1n) is 5.45. The molecular formula is C14H9ClF4. The average molecular weight is 289 g/mol. The molecule has 0 aliphatic carbocycles. The van der Waals surface area contributed by atoms with Crippen LogP contribution in [0.3, 0.4) is 0 Å². The summed E-state index contributed by atoms with van der Waals surface area (Å²) >= 11 is 5.93. The number of aryl methyl sites for hydroxylation is 1. The van der Waals surface area contributed by atoms with E-state index in [1.807, 2.05) is 0 Å². The maximum atomic E-state index is 13.9. The SMILES string of the molecule is Cc1cccc(C(Cl)c2c(F)cc(F)cc2F)c1F. The molecule has 19 heavy (non-hydrogen) atoms. The predicted molar refractivity (Wildman–Crippen MR) is 65.1 cm³/mol. The van der Waals surface area contributed by atoms with Crippen LogP contribution in [0, 0.1) is 30.2 Å². The van der Waals surface area contributed by atoms with Crippen LogP contribution >= 0.6 is 11.6 Å². The Bertz CT molecular complexity index is 602. The van der Waals surface area contributed by atoms with Gasteiger partial charge in [-0.2, -0.15) is 0 Å². The Balaban J connectivity index is 2.56. The van der Waals surface area contributed by atoms with Crippen LogP contribution in [0.4, 0.5) is 17.6 Å². The van der Waals surface area contributed by atoms with Gasteiger partial charge in [-0.25, -0.2) is 17.6 Å². The summed E-state index contributed by atoms with van der Waals surface area (Å²) in [5.41, 5.74) is -0.301. The Morgan fingerprint density at radius 1 is 1.00 bits per heavy atom. The van der Waals surface area contributed by atoms with E-state index in [0.717, 1.165) is 0 Å². The van der Waals surface area contributed by atoms with Gasteiger partial charge >= 0.3 is 0 Å². The lowest BCUT2D eigenvalue weighted by Gasteiger charge is -2.14. The van der Waals surface area contributed by atoms with Gasteiger partial charge in [-0.05, 0) is 12.5 Å². The quantitative estimate of drug-likeness (QED) is 0.546. The van der Waals surface area contributed by atoms with E-state index in [9.17, 15) is 17.6 Å². The van der Waals surface area contributed by atoms with E-state index in [1.165, 1.54) is 25.1 Å². The molecule has 0 radical (unpaired) electrons. The van der Waals surface area contributed by atoms with Crippen molar-refractivity contribution in [3.8, 4) is 0 Å². The minimum atomic E-state index is -1.36. The Kier molecular flexibility index (Phi) is 3.80. The van der Waals surface area contributed by atoms with Gasteiger partial charge in [0, 0.05) is 23.3 Å². The Hall–Kier alpha value is -1.55. The molecule has 0 aliphatic rings. The summed E-state index contributed by atoms with van der Waals surface area (Å²) in [6.07, 6.45) is 0. The van der Waals surface area contributed by atoms with E-state index in [2.05, 4.69) is 0 Å². The third kappa shape index (κ3) is 2.59. The third-order valence-electron chi connectivity index (χ3n) is 2.79. The minimum Gasteiger partial charge on any atom is -0.207 e. The topological polar surface area (TPSA) is 0 Å². The standard InChI is InChI=1S/C14H9ClF4/c1-7-3-2-4-9(14(7)19)13(15)12-10(17)5-8(16)6-11(12)18/h2-6,13H,1H3. The molecule has 0 saturated carbocycles. The molecule has 2 aromatic carbocycles. The van der Waals surface area contributed by atoms with E-state index in [-0.39, 0.29) is 5.56 Å². The zero-order valence-electron chi connectivity index (χ0n) is 9.85. The van der Waals surface area contributed by atoms with Crippen LogP contribution in [-0.2, 0) is 0 Å². The van der Waals surface area contributed by atoms with Crippen LogP contribution < -0.4 is 0 Å². The average Bonchev–Trinajstić information content (AvgIpc) is 2.31. The first-order chi connectivity index (χ1) is 8.91. The first-order valence-corrected chi connectivity index (χ1v) is 5.89. The molecule has 0 nitrogen and oxygen atoms in total. The lowest BCUT2D eigenvalue weighted by atomic mass is 10.0. The summed E-state index contributed by atoms with van der Waals surface area (Å²) in [6.45, 7) is 1.51.